The van der Waals surface area contributed by atoms with Gasteiger partial charge in [0.2, 0.25) is 5.60 Å². The molecular weight excluding hydrogens is 455 g/mol. The SMILES string of the molecule is CCOC(=O)[C@]1(C)CC(c2cc(-n3c(=O)n(C)c(=S)n(C)c3=O)c(Cl)cc2Cl)=NO1. The maximum absolute atomic E-state index is 12.7. The maximum Gasteiger partial charge on any atom is 0.353 e. The summed E-state index contributed by atoms with van der Waals surface area (Å²) in [5.41, 5.74) is -1.83. The van der Waals surface area contributed by atoms with Crippen LogP contribution in [0, 0.1) is 4.77 Å². The van der Waals surface area contributed by atoms with Gasteiger partial charge >= 0.3 is 17.3 Å². The molecule has 2 aromatic rings. The number of halogens is 2. The van der Waals surface area contributed by atoms with Crippen molar-refractivity contribution >= 4 is 47.1 Å². The molecule has 0 fully saturated rings. The van der Waals surface area contributed by atoms with Crippen LogP contribution >= 0.6 is 35.4 Å². The number of benzene rings is 1. The summed E-state index contributed by atoms with van der Waals surface area (Å²) >= 11 is 17.7. The average molecular weight is 473 g/mol. The summed E-state index contributed by atoms with van der Waals surface area (Å²) in [6.45, 7) is 3.43. The lowest BCUT2D eigenvalue weighted by atomic mass is 9.95. The van der Waals surface area contributed by atoms with Crippen molar-refractivity contribution in [3.05, 3.63) is 53.5 Å². The monoisotopic (exact) mass is 472 g/mol. The number of rotatable bonds is 4. The first-order chi connectivity index (χ1) is 14.0. The van der Waals surface area contributed by atoms with E-state index in [1.165, 1.54) is 26.2 Å². The van der Waals surface area contributed by atoms with Crippen molar-refractivity contribution in [2.75, 3.05) is 6.61 Å². The smallest absolute Gasteiger partial charge is 0.353 e. The van der Waals surface area contributed by atoms with E-state index in [4.69, 9.17) is 45.0 Å². The number of ether oxygens (including phenoxy) is 1. The molecule has 1 aliphatic heterocycles. The van der Waals surface area contributed by atoms with Crippen LogP contribution in [0.1, 0.15) is 25.8 Å². The number of oxime groups is 1. The van der Waals surface area contributed by atoms with E-state index in [1.54, 1.807) is 13.8 Å². The Hall–Kier alpha value is -2.43. The number of carbonyl (C=O) groups excluding carboxylic acids is 1. The number of nitrogens with zero attached hydrogens (tertiary/aromatic N) is 4. The minimum Gasteiger partial charge on any atom is -0.463 e. The van der Waals surface area contributed by atoms with Gasteiger partial charge in [-0.1, -0.05) is 28.4 Å². The van der Waals surface area contributed by atoms with Crippen molar-refractivity contribution in [2.24, 2.45) is 19.3 Å². The Kier molecular flexibility index (Phi) is 5.94. The van der Waals surface area contributed by atoms with Crippen molar-refractivity contribution in [1.82, 2.24) is 13.7 Å². The zero-order valence-electron chi connectivity index (χ0n) is 16.6. The Balaban J connectivity index is 2.15. The fourth-order valence-electron chi connectivity index (χ4n) is 2.98. The summed E-state index contributed by atoms with van der Waals surface area (Å²) in [5.74, 6) is -0.563. The Labute approximate surface area is 186 Å². The molecule has 0 aliphatic carbocycles. The lowest BCUT2D eigenvalue weighted by Gasteiger charge is -2.18. The van der Waals surface area contributed by atoms with Gasteiger partial charge in [0.1, 0.15) is 0 Å². The minimum absolute atomic E-state index is 0.0605. The summed E-state index contributed by atoms with van der Waals surface area (Å²) in [4.78, 5) is 43.0. The minimum atomic E-state index is -1.31. The first-order valence-corrected chi connectivity index (χ1v) is 9.99. The quantitative estimate of drug-likeness (QED) is 0.500. The van der Waals surface area contributed by atoms with Gasteiger partial charge in [0, 0.05) is 26.1 Å². The van der Waals surface area contributed by atoms with Gasteiger partial charge in [-0.05, 0) is 38.2 Å². The fourth-order valence-corrected chi connectivity index (χ4v) is 3.72. The average Bonchev–Trinajstić information content (AvgIpc) is 3.10. The molecular formula is C18H18Cl2N4O5S. The summed E-state index contributed by atoms with van der Waals surface area (Å²) in [6.07, 6.45) is 0.0818. The third-order valence-electron chi connectivity index (χ3n) is 4.69. The van der Waals surface area contributed by atoms with E-state index in [-0.39, 0.29) is 33.5 Å². The standard InChI is InChI=1S/C18H18Cl2N4O5S/c1-5-28-14(25)18(2)8-12(21-29-18)9-6-13(11(20)7-10(9)19)24-15(26)22(3)17(30)23(4)16(24)27/h6-7H,5,8H2,1-4H3/t18-/m0/s1. The molecule has 0 radical (unpaired) electrons. The molecule has 30 heavy (non-hydrogen) atoms. The van der Waals surface area contributed by atoms with Gasteiger partial charge in [0.05, 0.1) is 28.1 Å². The molecule has 12 heteroatoms. The van der Waals surface area contributed by atoms with Gasteiger partial charge in [-0.15, -0.1) is 0 Å². The van der Waals surface area contributed by atoms with Crippen molar-refractivity contribution in [2.45, 2.75) is 25.9 Å². The molecule has 0 unspecified atom stereocenters. The van der Waals surface area contributed by atoms with Gasteiger partial charge in [0.15, 0.2) is 4.77 Å². The van der Waals surface area contributed by atoms with Crippen molar-refractivity contribution in [3.8, 4) is 5.69 Å². The lowest BCUT2D eigenvalue weighted by molar-refractivity contribution is -0.166. The molecule has 1 aromatic heterocycles. The second-order valence-electron chi connectivity index (χ2n) is 6.84. The van der Waals surface area contributed by atoms with E-state index >= 15 is 0 Å². The molecule has 0 amide bonds. The van der Waals surface area contributed by atoms with E-state index in [0.717, 1.165) is 13.7 Å². The van der Waals surface area contributed by atoms with Crippen LogP contribution in [0.5, 0.6) is 0 Å². The van der Waals surface area contributed by atoms with Crippen molar-refractivity contribution in [3.63, 3.8) is 0 Å². The lowest BCUT2D eigenvalue weighted by Crippen LogP contribution is -2.43. The molecule has 1 aromatic carbocycles. The van der Waals surface area contributed by atoms with E-state index in [0.29, 0.717) is 11.3 Å². The molecule has 0 spiro atoms. The van der Waals surface area contributed by atoms with Crippen LogP contribution in [0.3, 0.4) is 0 Å². The zero-order chi connectivity index (χ0) is 22.4. The molecule has 2 heterocycles. The van der Waals surface area contributed by atoms with Crippen LogP contribution in [0.2, 0.25) is 10.0 Å². The molecule has 1 aliphatic rings. The summed E-state index contributed by atoms with van der Waals surface area (Å²) < 4.78 is 8.28. The molecule has 9 nitrogen and oxygen atoms in total. The van der Waals surface area contributed by atoms with Crippen LogP contribution in [-0.4, -0.2) is 37.6 Å². The van der Waals surface area contributed by atoms with E-state index in [1.807, 2.05) is 0 Å². The highest BCUT2D eigenvalue weighted by atomic mass is 35.5. The summed E-state index contributed by atoms with van der Waals surface area (Å²) in [6, 6.07) is 2.85. The van der Waals surface area contributed by atoms with Gasteiger partial charge < -0.3 is 9.57 Å². The Morgan fingerprint density at radius 1 is 1.23 bits per heavy atom. The highest BCUT2D eigenvalue weighted by Gasteiger charge is 2.44. The topological polar surface area (TPSA) is 96.8 Å². The van der Waals surface area contributed by atoms with Crippen LogP contribution in [0.25, 0.3) is 5.69 Å². The van der Waals surface area contributed by atoms with Gasteiger partial charge in [-0.2, -0.15) is 0 Å². The first kappa shape index (κ1) is 22.3. The van der Waals surface area contributed by atoms with Crippen LogP contribution < -0.4 is 11.4 Å². The Morgan fingerprint density at radius 2 is 1.83 bits per heavy atom. The predicted molar refractivity (Wildman–Crippen MR) is 114 cm³/mol. The molecule has 0 N–H and O–H groups in total. The summed E-state index contributed by atoms with van der Waals surface area (Å²) in [5, 5.41) is 4.27. The molecule has 160 valence electrons. The molecule has 0 saturated carbocycles. The second kappa shape index (κ2) is 8.01. The molecule has 0 bridgehead atoms. The second-order valence-corrected chi connectivity index (χ2v) is 8.02. The Bertz CT molecular complexity index is 1220. The third-order valence-corrected chi connectivity index (χ3v) is 5.85. The number of hydrogen-bond donors (Lipinski definition) is 0. The fraction of sp³-hybridized carbons (Fsp3) is 0.389. The number of carbonyl (C=O) groups is 1. The normalized spacial score (nSPS) is 18.1. The largest absolute Gasteiger partial charge is 0.463 e. The summed E-state index contributed by atoms with van der Waals surface area (Å²) in [7, 11) is 2.90. The highest BCUT2D eigenvalue weighted by molar-refractivity contribution is 7.71. The first-order valence-electron chi connectivity index (χ1n) is 8.83. The Morgan fingerprint density at radius 3 is 2.40 bits per heavy atom. The van der Waals surface area contributed by atoms with E-state index < -0.39 is 22.9 Å². The van der Waals surface area contributed by atoms with Gasteiger partial charge in [0.25, 0.3) is 0 Å². The predicted octanol–water partition coefficient (Wildman–Crippen LogP) is 2.36. The zero-order valence-corrected chi connectivity index (χ0v) is 18.9. The van der Waals surface area contributed by atoms with Gasteiger partial charge in [-0.3, -0.25) is 9.13 Å². The highest BCUT2D eigenvalue weighted by Crippen LogP contribution is 2.33. The molecule has 3 rings (SSSR count). The van der Waals surface area contributed by atoms with Crippen LogP contribution in [0.4, 0.5) is 0 Å². The maximum atomic E-state index is 12.7. The molecule has 1 atom stereocenters. The van der Waals surface area contributed by atoms with E-state index in [2.05, 4.69) is 5.16 Å². The number of aromatic nitrogens is 3. The van der Waals surface area contributed by atoms with Gasteiger partial charge in [-0.25, -0.2) is 19.0 Å². The van der Waals surface area contributed by atoms with Crippen molar-refractivity contribution in [1.29, 1.82) is 0 Å². The number of esters is 1. The van der Waals surface area contributed by atoms with Crippen LogP contribution in [0.15, 0.2) is 26.9 Å². The third kappa shape index (κ3) is 3.59. The van der Waals surface area contributed by atoms with Crippen LogP contribution in [-0.2, 0) is 28.5 Å². The number of hydrogen-bond acceptors (Lipinski definition) is 7. The van der Waals surface area contributed by atoms with Crippen molar-refractivity contribution < 1.29 is 14.4 Å². The van der Waals surface area contributed by atoms with E-state index in [9.17, 15) is 14.4 Å². The molecule has 0 saturated heterocycles.